The largest absolute Gasteiger partial charge is 0.368 e. The van der Waals surface area contributed by atoms with Crippen molar-refractivity contribution < 1.29 is 0 Å². The fourth-order valence-corrected chi connectivity index (χ4v) is 2.53. The van der Waals surface area contributed by atoms with Gasteiger partial charge in [0.1, 0.15) is 16.8 Å². The molecule has 0 atom stereocenters. The summed E-state index contributed by atoms with van der Waals surface area (Å²) in [7, 11) is 0. The molecule has 0 saturated carbocycles. The van der Waals surface area contributed by atoms with E-state index < -0.39 is 0 Å². The summed E-state index contributed by atoms with van der Waals surface area (Å²) in [6.45, 7) is 16.8. The van der Waals surface area contributed by atoms with Crippen molar-refractivity contribution in [1.82, 2.24) is 14.9 Å². The van der Waals surface area contributed by atoms with Crippen molar-refractivity contribution in [2.24, 2.45) is 0 Å². The number of aromatic nitrogens is 2. The molecule has 5 heteroatoms. The molecule has 0 saturated heterocycles. The van der Waals surface area contributed by atoms with Crippen LogP contribution in [0.4, 0.5) is 5.82 Å². The minimum absolute atomic E-state index is 0.270. The lowest BCUT2D eigenvalue weighted by Gasteiger charge is -2.30. The summed E-state index contributed by atoms with van der Waals surface area (Å²) in [4.78, 5) is 11.4. The third-order valence-electron chi connectivity index (χ3n) is 3.61. The van der Waals surface area contributed by atoms with Crippen LogP contribution in [-0.4, -0.2) is 40.0 Å². The van der Waals surface area contributed by atoms with Crippen molar-refractivity contribution in [3.05, 3.63) is 16.5 Å². The number of halogens is 1. The van der Waals surface area contributed by atoms with E-state index in [-0.39, 0.29) is 5.92 Å². The Morgan fingerprint density at radius 2 is 1.62 bits per heavy atom. The number of anilines is 1. The SMILES string of the molecule is Cc1c(Cl)nc(C(C)C)nc1NCCN(C(C)C)C(C)C. The Kier molecular flexibility index (Phi) is 6.88. The third-order valence-corrected chi connectivity index (χ3v) is 3.98. The first kappa shape index (κ1) is 18.2. The van der Waals surface area contributed by atoms with Gasteiger partial charge >= 0.3 is 0 Å². The predicted octanol–water partition coefficient (Wildman–Crippen LogP) is 4.09. The van der Waals surface area contributed by atoms with Crippen LogP contribution in [0.15, 0.2) is 0 Å². The lowest BCUT2D eigenvalue weighted by Crippen LogP contribution is -2.40. The van der Waals surface area contributed by atoms with Crippen LogP contribution in [0.25, 0.3) is 0 Å². The Labute approximate surface area is 134 Å². The molecule has 120 valence electrons. The van der Waals surface area contributed by atoms with Gasteiger partial charge in [0.25, 0.3) is 0 Å². The van der Waals surface area contributed by atoms with E-state index in [2.05, 4.69) is 61.7 Å². The lowest BCUT2D eigenvalue weighted by atomic mass is 10.2. The maximum atomic E-state index is 6.20. The Bertz CT molecular complexity index is 450. The first-order chi connectivity index (χ1) is 9.73. The highest BCUT2D eigenvalue weighted by Gasteiger charge is 2.14. The minimum atomic E-state index is 0.270. The number of nitrogens with one attached hydrogen (secondary N) is 1. The first-order valence-corrected chi connectivity index (χ1v) is 8.15. The Morgan fingerprint density at radius 1 is 1.05 bits per heavy atom. The van der Waals surface area contributed by atoms with Gasteiger partial charge in [-0.3, -0.25) is 4.90 Å². The molecule has 0 aliphatic rings. The molecule has 0 fully saturated rings. The first-order valence-electron chi connectivity index (χ1n) is 7.77. The summed E-state index contributed by atoms with van der Waals surface area (Å²) in [5.41, 5.74) is 0.918. The van der Waals surface area contributed by atoms with Gasteiger partial charge in [-0.25, -0.2) is 9.97 Å². The summed E-state index contributed by atoms with van der Waals surface area (Å²) in [6.07, 6.45) is 0. The number of rotatable bonds is 7. The van der Waals surface area contributed by atoms with Crippen LogP contribution < -0.4 is 5.32 Å². The van der Waals surface area contributed by atoms with Crippen LogP contribution in [0.3, 0.4) is 0 Å². The summed E-state index contributed by atoms with van der Waals surface area (Å²) in [5.74, 6) is 1.91. The molecule has 0 aliphatic heterocycles. The molecule has 1 aromatic heterocycles. The Balaban J connectivity index is 2.75. The molecule has 0 unspecified atom stereocenters. The second-order valence-electron chi connectivity index (χ2n) is 6.35. The number of hydrogen-bond acceptors (Lipinski definition) is 4. The molecule has 0 spiro atoms. The van der Waals surface area contributed by atoms with Gasteiger partial charge in [-0.1, -0.05) is 25.4 Å². The normalized spacial score (nSPS) is 12.0. The molecule has 0 bridgehead atoms. The van der Waals surface area contributed by atoms with E-state index in [9.17, 15) is 0 Å². The number of nitrogens with zero attached hydrogens (tertiary/aromatic N) is 3. The topological polar surface area (TPSA) is 41.1 Å². The monoisotopic (exact) mass is 312 g/mol. The van der Waals surface area contributed by atoms with Gasteiger partial charge < -0.3 is 5.32 Å². The second-order valence-corrected chi connectivity index (χ2v) is 6.71. The van der Waals surface area contributed by atoms with E-state index in [0.717, 1.165) is 30.3 Å². The van der Waals surface area contributed by atoms with E-state index >= 15 is 0 Å². The zero-order valence-electron chi connectivity index (χ0n) is 14.4. The van der Waals surface area contributed by atoms with Gasteiger partial charge in [0.15, 0.2) is 0 Å². The molecule has 0 radical (unpaired) electrons. The molecule has 0 aromatic carbocycles. The summed E-state index contributed by atoms with van der Waals surface area (Å²) >= 11 is 6.20. The standard InChI is InChI=1S/C16H29ClN4/c1-10(2)15-19-14(17)13(7)16(20-15)18-8-9-21(11(3)4)12(5)6/h10-12H,8-9H2,1-7H3,(H,18,19,20). The van der Waals surface area contributed by atoms with Gasteiger partial charge in [0.05, 0.1) is 0 Å². The van der Waals surface area contributed by atoms with Gasteiger partial charge in [-0.15, -0.1) is 0 Å². The maximum Gasteiger partial charge on any atom is 0.137 e. The maximum absolute atomic E-state index is 6.20. The molecule has 0 aliphatic carbocycles. The van der Waals surface area contributed by atoms with Crippen LogP contribution >= 0.6 is 11.6 Å². The van der Waals surface area contributed by atoms with E-state index in [1.165, 1.54) is 0 Å². The van der Waals surface area contributed by atoms with Gasteiger partial charge in [0, 0.05) is 36.7 Å². The molecule has 1 aromatic rings. The molecule has 1 N–H and O–H groups in total. The van der Waals surface area contributed by atoms with Gasteiger partial charge in [-0.05, 0) is 34.6 Å². The van der Waals surface area contributed by atoms with Crippen molar-refractivity contribution in [3.63, 3.8) is 0 Å². The second kappa shape index (κ2) is 7.95. The zero-order chi connectivity index (χ0) is 16.2. The van der Waals surface area contributed by atoms with Crippen molar-refractivity contribution in [1.29, 1.82) is 0 Å². The fraction of sp³-hybridized carbons (Fsp3) is 0.750. The Hall–Kier alpha value is -0.870. The van der Waals surface area contributed by atoms with Crippen LogP contribution in [0.2, 0.25) is 5.15 Å². The molecular weight excluding hydrogens is 284 g/mol. The quantitative estimate of drug-likeness (QED) is 0.770. The fourth-order valence-electron chi connectivity index (χ4n) is 2.35. The predicted molar refractivity (Wildman–Crippen MR) is 91.3 cm³/mol. The Morgan fingerprint density at radius 3 is 2.10 bits per heavy atom. The van der Waals surface area contributed by atoms with Crippen molar-refractivity contribution in [3.8, 4) is 0 Å². The molecular formula is C16H29ClN4. The third kappa shape index (κ3) is 5.11. The van der Waals surface area contributed by atoms with E-state index in [1.54, 1.807) is 0 Å². The number of hydrogen-bond donors (Lipinski definition) is 1. The van der Waals surface area contributed by atoms with Gasteiger partial charge in [0.2, 0.25) is 0 Å². The van der Waals surface area contributed by atoms with Crippen molar-refractivity contribution in [2.45, 2.75) is 66.5 Å². The van der Waals surface area contributed by atoms with Crippen molar-refractivity contribution in [2.75, 3.05) is 18.4 Å². The van der Waals surface area contributed by atoms with Crippen LogP contribution in [-0.2, 0) is 0 Å². The summed E-state index contributed by atoms with van der Waals surface area (Å²) < 4.78 is 0. The average molecular weight is 313 g/mol. The van der Waals surface area contributed by atoms with Crippen LogP contribution in [0.5, 0.6) is 0 Å². The van der Waals surface area contributed by atoms with E-state index in [1.807, 2.05) is 6.92 Å². The van der Waals surface area contributed by atoms with Crippen LogP contribution in [0.1, 0.15) is 58.8 Å². The van der Waals surface area contributed by atoms with Crippen molar-refractivity contribution >= 4 is 17.4 Å². The smallest absolute Gasteiger partial charge is 0.137 e. The summed E-state index contributed by atoms with van der Waals surface area (Å²) in [5, 5.41) is 3.95. The molecule has 1 rings (SSSR count). The molecule has 4 nitrogen and oxygen atoms in total. The molecule has 1 heterocycles. The lowest BCUT2D eigenvalue weighted by molar-refractivity contribution is 0.182. The summed E-state index contributed by atoms with van der Waals surface area (Å²) in [6, 6.07) is 1.07. The average Bonchev–Trinajstić information content (AvgIpc) is 2.37. The highest BCUT2D eigenvalue weighted by molar-refractivity contribution is 6.30. The zero-order valence-corrected chi connectivity index (χ0v) is 15.1. The molecule has 0 amide bonds. The minimum Gasteiger partial charge on any atom is -0.368 e. The highest BCUT2D eigenvalue weighted by atomic mass is 35.5. The van der Waals surface area contributed by atoms with E-state index in [0.29, 0.717) is 17.2 Å². The van der Waals surface area contributed by atoms with Gasteiger partial charge in [-0.2, -0.15) is 0 Å². The molecule has 21 heavy (non-hydrogen) atoms. The van der Waals surface area contributed by atoms with E-state index in [4.69, 9.17) is 11.6 Å². The highest BCUT2D eigenvalue weighted by Crippen LogP contribution is 2.22. The van der Waals surface area contributed by atoms with Crippen LogP contribution in [0, 0.1) is 6.92 Å².